The van der Waals surface area contributed by atoms with Crippen molar-refractivity contribution in [2.75, 3.05) is 33.3 Å². The van der Waals surface area contributed by atoms with Crippen molar-refractivity contribution in [2.24, 2.45) is 0 Å². The number of carbonyl (C=O) groups is 1. The summed E-state index contributed by atoms with van der Waals surface area (Å²) >= 11 is 0. The van der Waals surface area contributed by atoms with Gasteiger partial charge in [0, 0.05) is 44.9 Å². The molecule has 0 radical (unpaired) electrons. The SMILES string of the molecule is COC1CCN(C2CCN(C(=O)c3ccc4n[nH]nc4c3)CC2)CC1. The molecule has 0 bridgehead atoms. The van der Waals surface area contributed by atoms with Crippen molar-refractivity contribution in [3.05, 3.63) is 23.8 Å². The third kappa shape index (κ3) is 3.39. The lowest BCUT2D eigenvalue weighted by Crippen LogP contribution is -2.49. The molecule has 0 unspecified atom stereocenters. The number of aromatic nitrogens is 3. The maximum atomic E-state index is 12.8. The zero-order chi connectivity index (χ0) is 17.2. The summed E-state index contributed by atoms with van der Waals surface area (Å²) in [6.45, 7) is 3.87. The number of H-pyrrole nitrogens is 1. The monoisotopic (exact) mass is 343 g/mol. The van der Waals surface area contributed by atoms with Gasteiger partial charge in [-0.25, -0.2) is 0 Å². The number of hydrogen-bond donors (Lipinski definition) is 1. The van der Waals surface area contributed by atoms with E-state index in [1.54, 1.807) is 7.11 Å². The van der Waals surface area contributed by atoms with E-state index in [9.17, 15) is 4.79 Å². The Labute approximate surface area is 147 Å². The molecule has 0 aliphatic carbocycles. The molecule has 7 nitrogen and oxygen atoms in total. The first-order chi connectivity index (χ1) is 12.2. The topological polar surface area (TPSA) is 74.3 Å². The van der Waals surface area contributed by atoms with Gasteiger partial charge in [0.15, 0.2) is 0 Å². The molecule has 2 fully saturated rings. The number of carbonyl (C=O) groups excluding carboxylic acids is 1. The van der Waals surface area contributed by atoms with Gasteiger partial charge in [-0.2, -0.15) is 15.4 Å². The van der Waals surface area contributed by atoms with Crippen LogP contribution in [0.2, 0.25) is 0 Å². The quantitative estimate of drug-likeness (QED) is 0.918. The van der Waals surface area contributed by atoms with E-state index in [1.165, 1.54) is 0 Å². The second kappa shape index (κ2) is 7.09. The maximum Gasteiger partial charge on any atom is 0.253 e. The normalized spacial score (nSPS) is 21.1. The van der Waals surface area contributed by atoms with Crippen molar-refractivity contribution < 1.29 is 9.53 Å². The number of nitrogens with zero attached hydrogens (tertiary/aromatic N) is 4. The van der Waals surface area contributed by atoms with Gasteiger partial charge < -0.3 is 14.5 Å². The lowest BCUT2D eigenvalue weighted by Gasteiger charge is -2.41. The van der Waals surface area contributed by atoms with Gasteiger partial charge in [-0.05, 0) is 43.9 Å². The van der Waals surface area contributed by atoms with E-state index in [0.29, 0.717) is 17.7 Å². The average molecular weight is 343 g/mol. The molecule has 3 heterocycles. The fraction of sp³-hybridized carbons (Fsp3) is 0.611. The lowest BCUT2D eigenvalue weighted by atomic mass is 9.98. The Morgan fingerprint density at radius 2 is 1.80 bits per heavy atom. The summed E-state index contributed by atoms with van der Waals surface area (Å²) in [6.07, 6.45) is 4.76. The lowest BCUT2D eigenvalue weighted by molar-refractivity contribution is 0.0145. The zero-order valence-corrected chi connectivity index (χ0v) is 14.6. The molecule has 134 valence electrons. The number of amides is 1. The number of likely N-dealkylation sites (tertiary alicyclic amines) is 2. The number of hydrogen-bond acceptors (Lipinski definition) is 5. The van der Waals surface area contributed by atoms with Crippen LogP contribution in [0.5, 0.6) is 0 Å². The summed E-state index contributed by atoms with van der Waals surface area (Å²) in [6, 6.07) is 6.11. The third-order valence-corrected chi connectivity index (χ3v) is 5.64. The molecule has 2 saturated heterocycles. The number of nitrogens with one attached hydrogen (secondary N) is 1. The minimum absolute atomic E-state index is 0.0986. The summed E-state index contributed by atoms with van der Waals surface area (Å²) in [7, 11) is 1.81. The van der Waals surface area contributed by atoms with Crippen molar-refractivity contribution in [1.82, 2.24) is 25.2 Å². The molecule has 0 atom stereocenters. The highest BCUT2D eigenvalue weighted by Crippen LogP contribution is 2.23. The summed E-state index contributed by atoms with van der Waals surface area (Å²) < 4.78 is 5.46. The summed E-state index contributed by atoms with van der Waals surface area (Å²) in [5.41, 5.74) is 2.22. The Balaban J connectivity index is 1.34. The molecule has 0 saturated carbocycles. The second-order valence-electron chi connectivity index (χ2n) is 7.02. The van der Waals surface area contributed by atoms with E-state index in [2.05, 4.69) is 20.3 Å². The number of benzene rings is 1. The first kappa shape index (κ1) is 16.5. The molecule has 1 N–H and O–H groups in total. The molecule has 7 heteroatoms. The zero-order valence-electron chi connectivity index (χ0n) is 14.6. The molecule has 2 aliphatic rings. The van der Waals surface area contributed by atoms with Crippen LogP contribution in [0.15, 0.2) is 18.2 Å². The van der Waals surface area contributed by atoms with Gasteiger partial charge in [-0.1, -0.05) is 0 Å². The van der Waals surface area contributed by atoms with Crippen LogP contribution in [0, 0.1) is 0 Å². The van der Waals surface area contributed by atoms with Gasteiger partial charge in [0.2, 0.25) is 0 Å². The fourth-order valence-corrected chi connectivity index (χ4v) is 4.07. The van der Waals surface area contributed by atoms with E-state index in [-0.39, 0.29) is 5.91 Å². The van der Waals surface area contributed by atoms with Gasteiger partial charge in [-0.15, -0.1) is 0 Å². The fourth-order valence-electron chi connectivity index (χ4n) is 4.07. The van der Waals surface area contributed by atoms with Crippen LogP contribution in [0.3, 0.4) is 0 Å². The minimum Gasteiger partial charge on any atom is -0.381 e. The van der Waals surface area contributed by atoms with Crippen molar-refractivity contribution in [1.29, 1.82) is 0 Å². The number of rotatable bonds is 3. The highest BCUT2D eigenvalue weighted by atomic mass is 16.5. The second-order valence-corrected chi connectivity index (χ2v) is 7.02. The smallest absolute Gasteiger partial charge is 0.253 e. The van der Waals surface area contributed by atoms with E-state index >= 15 is 0 Å². The molecule has 25 heavy (non-hydrogen) atoms. The van der Waals surface area contributed by atoms with Crippen LogP contribution < -0.4 is 0 Å². The molecule has 2 aliphatic heterocycles. The highest BCUT2D eigenvalue weighted by molar-refractivity contribution is 5.97. The number of fused-ring (bicyclic) bond motifs is 1. The third-order valence-electron chi connectivity index (χ3n) is 5.64. The number of methoxy groups -OCH3 is 1. The molecule has 4 rings (SSSR count). The Bertz CT molecular complexity index is 730. The summed E-state index contributed by atoms with van der Waals surface area (Å²) in [5.74, 6) is 0.0986. The Kier molecular flexibility index (Phi) is 4.67. The van der Waals surface area contributed by atoms with Crippen LogP contribution in [-0.2, 0) is 4.74 Å². The van der Waals surface area contributed by atoms with Gasteiger partial charge >= 0.3 is 0 Å². The predicted molar refractivity (Wildman–Crippen MR) is 94.4 cm³/mol. The molecular weight excluding hydrogens is 318 g/mol. The molecule has 2 aromatic rings. The molecule has 1 amide bonds. The van der Waals surface area contributed by atoms with Crippen molar-refractivity contribution in [3.63, 3.8) is 0 Å². The van der Waals surface area contributed by atoms with Crippen LogP contribution >= 0.6 is 0 Å². The Hall–Kier alpha value is -1.99. The molecule has 1 aromatic carbocycles. The van der Waals surface area contributed by atoms with E-state index < -0.39 is 0 Å². The van der Waals surface area contributed by atoms with Gasteiger partial charge in [0.05, 0.1) is 6.10 Å². The van der Waals surface area contributed by atoms with Gasteiger partial charge in [0.1, 0.15) is 11.0 Å². The Morgan fingerprint density at radius 1 is 1.08 bits per heavy atom. The predicted octanol–water partition coefficient (Wildman–Crippen LogP) is 1.67. The van der Waals surface area contributed by atoms with Gasteiger partial charge in [-0.3, -0.25) is 4.79 Å². The van der Waals surface area contributed by atoms with E-state index in [1.807, 2.05) is 23.1 Å². The molecule has 0 spiro atoms. The molecule has 1 aromatic heterocycles. The maximum absolute atomic E-state index is 12.8. The largest absolute Gasteiger partial charge is 0.381 e. The number of ether oxygens (including phenoxy) is 1. The molecular formula is C18H25N5O2. The summed E-state index contributed by atoms with van der Waals surface area (Å²) in [5, 5.41) is 10.7. The van der Waals surface area contributed by atoms with Gasteiger partial charge in [0.25, 0.3) is 5.91 Å². The van der Waals surface area contributed by atoms with E-state index in [0.717, 1.165) is 62.9 Å². The van der Waals surface area contributed by atoms with Crippen molar-refractivity contribution in [2.45, 2.75) is 37.8 Å². The first-order valence-corrected chi connectivity index (χ1v) is 9.11. The Morgan fingerprint density at radius 3 is 2.52 bits per heavy atom. The van der Waals surface area contributed by atoms with E-state index in [4.69, 9.17) is 4.74 Å². The number of aromatic amines is 1. The standard InChI is InChI=1S/C18H25N5O2/c1-25-15-6-10-22(11-7-15)14-4-8-23(9-5-14)18(24)13-2-3-16-17(12-13)20-21-19-16/h2-3,12,14-15H,4-11H2,1H3,(H,19,20,21). The van der Waals surface area contributed by atoms with Crippen molar-refractivity contribution in [3.8, 4) is 0 Å². The van der Waals surface area contributed by atoms with Crippen LogP contribution in [0.1, 0.15) is 36.0 Å². The van der Waals surface area contributed by atoms with Crippen molar-refractivity contribution >= 4 is 16.9 Å². The minimum atomic E-state index is 0.0986. The number of piperidine rings is 2. The highest BCUT2D eigenvalue weighted by Gasteiger charge is 2.30. The summed E-state index contributed by atoms with van der Waals surface area (Å²) in [4.78, 5) is 17.3. The average Bonchev–Trinajstić information content (AvgIpc) is 3.15. The van der Waals surface area contributed by atoms with Crippen LogP contribution in [-0.4, -0.2) is 76.6 Å². The van der Waals surface area contributed by atoms with Crippen LogP contribution in [0.4, 0.5) is 0 Å². The first-order valence-electron chi connectivity index (χ1n) is 9.11. The van der Waals surface area contributed by atoms with Crippen LogP contribution in [0.25, 0.3) is 11.0 Å².